The highest BCUT2D eigenvalue weighted by Gasteiger charge is 2.34. The number of carbonyl (C=O) groups is 3. The molecule has 0 aliphatic carbocycles. The summed E-state index contributed by atoms with van der Waals surface area (Å²) in [5.41, 5.74) is 2.57. The Balaban J connectivity index is 1.28. The minimum Gasteiger partial charge on any atom is -0.493 e. The molecule has 1 aliphatic heterocycles. The van der Waals surface area contributed by atoms with E-state index in [0.29, 0.717) is 42.6 Å². The van der Waals surface area contributed by atoms with Crippen LogP contribution in [0.5, 0.6) is 5.75 Å². The van der Waals surface area contributed by atoms with E-state index in [1.165, 1.54) is 4.90 Å². The predicted molar refractivity (Wildman–Crippen MR) is 141 cm³/mol. The molecule has 0 bridgehead atoms. The lowest BCUT2D eigenvalue weighted by molar-refractivity contribution is -0.143. The Morgan fingerprint density at radius 1 is 1.11 bits per heavy atom. The number of rotatable bonds is 11. The molecule has 2 heterocycles. The Bertz CT molecular complexity index is 1280. The molecular weight excluding hydrogens is 492 g/mol. The van der Waals surface area contributed by atoms with Gasteiger partial charge in [-0.3, -0.25) is 19.3 Å². The van der Waals surface area contributed by atoms with Crippen molar-refractivity contribution >= 4 is 35.0 Å². The van der Waals surface area contributed by atoms with E-state index in [0.717, 1.165) is 34.3 Å². The van der Waals surface area contributed by atoms with Gasteiger partial charge in [-0.2, -0.15) is 0 Å². The Labute approximate surface area is 219 Å². The van der Waals surface area contributed by atoms with Crippen LogP contribution in [-0.4, -0.2) is 46.8 Å². The monoisotopic (exact) mass is 520 g/mol. The quantitative estimate of drug-likeness (QED) is 0.236. The average molecular weight is 521 g/mol. The molecule has 9 heteroatoms. The highest BCUT2D eigenvalue weighted by molar-refractivity contribution is 8.18. The molecule has 8 nitrogen and oxygen atoms in total. The number of nitrogens with zero attached hydrogens (tertiary/aromatic N) is 2. The largest absolute Gasteiger partial charge is 0.493 e. The Morgan fingerprint density at radius 3 is 2.59 bits per heavy atom. The number of aryl methyl sites for hydroxylation is 1. The van der Waals surface area contributed by atoms with E-state index < -0.39 is 0 Å². The van der Waals surface area contributed by atoms with Crippen molar-refractivity contribution in [3.05, 3.63) is 76.5 Å². The van der Waals surface area contributed by atoms with Gasteiger partial charge in [0.25, 0.3) is 11.1 Å². The van der Waals surface area contributed by atoms with Crippen LogP contribution in [0, 0.1) is 6.92 Å². The Hall–Kier alpha value is -3.85. The summed E-state index contributed by atoms with van der Waals surface area (Å²) in [4.78, 5) is 42.5. The van der Waals surface area contributed by atoms with Gasteiger partial charge in [-0.05, 0) is 67.9 Å². The average Bonchev–Trinajstić information content (AvgIpc) is 3.39. The zero-order chi connectivity index (χ0) is 26.2. The van der Waals surface area contributed by atoms with Gasteiger partial charge >= 0.3 is 5.97 Å². The van der Waals surface area contributed by atoms with Crippen molar-refractivity contribution in [1.29, 1.82) is 0 Å². The third-order valence-corrected chi connectivity index (χ3v) is 6.55. The SMILES string of the molecule is CCOC(=O)CCCN1C(=O)S/C(=C\c2ccc(OCCc3nc(-c4ccccc4)oc3C)cc2)C1=O. The summed E-state index contributed by atoms with van der Waals surface area (Å²) < 4.78 is 16.5. The number of esters is 1. The number of oxazole rings is 1. The second-order valence-corrected chi connectivity index (χ2v) is 9.29. The number of carbonyl (C=O) groups excluding carboxylic acids is 3. The number of imide groups is 1. The fourth-order valence-corrected chi connectivity index (χ4v) is 4.61. The lowest BCUT2D eigenvalue weighted by Gasteiger charge is -2.11. The van der Waals surface area contributed by atoms with Gasteiger partial charge in [-0.15, -0.1) is 0 Å². The van der Waals surface area contributed by atoms with Gasteiger partial charge in [0, 0.05) is 24.9 Å². The Morgan fingerprint density at radius 2 is 1.86 bits per heavy atom. The van der Waals surface area contributed by atoms with E-state index in [1.54, 1.807) is 13.0 Å². The molecule has 0 spiro atoms. The van der Waals surface area contributed by atoms with E-state index in [9.17, 15) is 14.4 Å². The van der Waals surface area contributed by atoms with Gasteiger partial charge in [-0.1, -0.05) is 30.3 Å². The molecule has 1 fully saturated rings. The lowest BCUT2D eigenvalue weighted by atomic mass is 10.2. The molecule has 0 saturated carbocycles. The van der Waals surface area contributed by atoms with Crippen LogP contribution in [0.25, 0.3) is 17.5 Å². The first-order valence-corrected chi connectivity index (χ1v) is 12.9. The predicted octanol–water partition coefficient (Wildman–Crippen LogP) is 5.65. The van der Waals surface area contributed by atoms with Crippen LogP contribution >= 0.6 is 11.8 Å². The molecule has 0 atom stereocenters. The molecule has 0 N–H and O–H groups in total. The maximum Gasteiger partial charge on any atom is 0.305 e. The number of hydrogen-bond acceptors (Lipinski definition) is 8. The summed E-state index contributed by atoms with van der Waals surface area (Å²) in [5.74, 6) is 1.37. The first kappa shape index (κ1) is 26.2. The molecular formula is C28H28N2O6S. The van der Waals surface area contributed by atoms with Crippen LogP contribution in [0.2, 0.25) is 0 Å². The van der Waals surface area contributed by atoms with E-state index in [4.69, 9.17) is 13.9 Å². The number of benzene rings is 2. The molecule has 1 saturated heterocycles. The fraction of sp³-hybridized carbons (Fsp3) is 0.286. The van der Waals surface area contributed by atoms with Crippen molar-refractivity contribution in [2.24, 2.45) is 0 Å². The van der Waals surface area contributed by atoms with E-state index >= 15 is 0 Å². The minimum absolute atomic E-state index is 0.167. The minimum atomic E-state index is -0.350. The Kier molecular flexibility index (Phi) is 8.79. The van der Waals surface area contributed by atoms with Gasteiger partial charge < -0.3 is 13.9 Å². The maximum absolute atomic E-state index is 12.6. The third-order valence-electron chi connectivity index (χ3n) is 5.64. The van der Waals surface area contributed by atoms with Crippen molar-refractivity contribution in [1.82, 2.24) is 9.88 Å². The molecule has 37 heavy (non-hydrogen) atoms. The van der Waals surface area contributed by atoms with E-state index in [-0.39, 0.29) is 30.1 Å². The third kappa shape index (κ3) is 6.89. The summed E-state index contributed by atoms with van der Waals surface area (Å²) in [7, 11) is 0. The fourth-order valence-electron chi connectivity index (χ4n) is 3.75. The van der Waals surface area contributed by atoms with Gasteiger partial charge in [0.05, 0.1) is 23.8 Å². The van der Waals surface area contributed by atoms with E-state index in [1.807, 2.05) is 61.5 Å². The van der Waals surface area contributed by atoms with Crippen LogP contribution in [0.3, 0.4) is 0 Å². The number of aromatic nitrogens is 1. The van der Waals surface area contributed by atoms with E-state index in [2.05, 4.69) is 4.98 Å². The number of hydrogen-bond donors (Lipinski definition) is 0. The topological polar surface area (TPSA) is 98.9 Å². The summed E-state index contributed by atoms with van der Waals surface area (Å²) in [6, 6.07) is 17.1. The zero-order valence-electron chi connectivity index (χ0n) is 20.8. The van der Waals surface area contributed by atoms with Crippen LogP contribution in [0.1, 0.15) is 36.8 Å². The van der Waals surface area contributed by atoms with Crippen LogP contribution in [0.15, 0.2) is 63.9 Å². The molecule has 1 aromatic heterocycles. The normalized spacial score (nSPS) is 14.4. The van der Waals surface area contributed by atoms with Crippen LogP contribution < -0.4 is 4.74 Å². The molecule has 4 rings (SSSR count). The van der Waals surface area contributed by atoms with Crippen molar-refractivity contribution in [3.8, 4) is 17.2 Å². The zero-order valence-corrected chi connectivity index (χ0v) is 21.6. The van der Waals surface area contributed by atoms with Crippen LogP contribution in [0.4, 0.5) is 4.79 Å². The van der Waals surface area contributed by atoms with Crippen molar-refractivity contribution in [3.63, 3.8) is 0 Å². The highest BCUT2D eigenvalue weighted by Crippen LogP contribution is 2.32. The summed E-state index contributed by atoms with van der Waals surface area (Å²) in [6.45, 7) is 4.56. The van der Waals surface area contributed by atoms with Gasteiger partial charge in [0.1, 0.15) is 11.5 Å². The smallest absolute Gasteiger partial charge is 0.305 e. The molecule has 3 aromatic rings. The molecule has 2 aromatic carbocycles. The first-order valence-electron chi connectivity index (χ1n) is 12.1. The summed E-state index contributed by atoms with van der Waals surface area (Å²) >= 11 is 0.898. The van der Waals surface area contributed by atoms with Crippen molar-refractivity contribution < 1.29 is 28.3 Å². The molecule has 192 valence electrons. The van der Waals surface area contributed by atoms with Gasteiger partial charge in [-0.25, -0.2) is 4.98 Å². The van der Waals surface area contributed by atoms with Gasteiger partial charge in [0.2, 0.25) is 5.89 Å². The van der Waals surface area contributed by atoms with Crippen molar-refractivity contribution in [2.45, 2.75) is 33.1 Å². The molecule has 1 aliphatic rings. The molecule has 0 radical (unpaired) electrons. The van der Waals surface area contributed by atoms with Crippen LogP contribution in [-0.2, 0) is 20.7 Å². The number of thioether (sulfide) groups is 1. The molecule has 0 unspecified atom stereocenters. The summed E-state index contributed by atoms with van der Waals surface area (Å²) in [5, 5.41) is -0.335. The number of amides is 2. The highest BCUT2D eigenvalue weighted by atomic mass is 32.2. The second-order valence-electron chi connectivity index (χ2n) is 8.30. The second kappa shape index (κ2) is 12.4. The van der Waals surface area contributed by atoms with Crippen molar-refractivity contribution in [2.75, 3.05) is 19.8 Å². The lowest BCUT2D eigenvalue weighted by Crippen LogP contribution is -2.29. The number of ether oxygens (including phenoxy) is 2. The maximum atomic E-state index is 12.6. The first-order chi connectivity index (χ1) is 17.9. The molecule has 2 amide bonds. The van der Waals surface area contributed by atoms with Gasteiger partial charge in [0.15, 0.2) is 0 Å². The standard InChI is InChI=1S/C28H28N2O6S/c1-3-34-25(31)10-7-16-30-27(32)24(37-28(30)33)18-20-11-13-22(14-12-20)35-17-15-23-19(2)36-26(29-23)21-8-5-4-6-9-21/h4-6,8-9,11-14,18H,3,7,10,15-17H2,1-2H3/b24-18-. The summed E-state index contributed by atoms with van der Waals surface area (Å²) in [6.07, 6.45) is 2.83.